The summed E-state index contributed by atoms with van der Waals surface area (Å²) in [5.74, 6) is -0.164. The number of halogens is 1. The van der Waals surface area contributed by atoms with Crippen LogP contribution in [0.15, 0.2) is 116 Å². The number of nitrogens with zero attached hydrogens (tertiary/aromatic N) is 2. The second kappa shape index (κ2) is 9.89. The molecule has 0 aliphatic carbocycles. The predicted octanol–water partition coefficient (Wildman–Crippen LogP) is 5.72. The summed E-state index contributed by atoms with van der Waals surface area (Å²) in [7, 11) is 0. The molecule has 1 unspecified atom stereocenters. The zero-order valence-electron chi connectivity index (χ0n) is 19.7. The molecular formula is C30H19BrN2O4S. The molecule has 0 radical (unpaired) electrons. The molecule has 186 valence electrons. The molecule has 8 heteroatoms. The molecular weight excluding hydrogens is 564 g/mol. The van der Waals surface area contributed by atoms with Gasteiger partial charge in [0.15, 0.2) is 4.80 Å². The van der Waals surface area contributed by atoms with Gasteiger partial charge in [-0.05, 0) is 47.5 Å². The molecule has 0 spiro atoms. The average Bonchev–Trinajstić information content (AvgIpc) is 3.53. The highest BCUT2D eigenvalue weighted by Gasteiger charge is 2.23. The van der Waals surface area contributed by atoms with E-state index in [1.165, 1.54) is 17.4 Å². The molecule has 0 saturated heterocycles. The van der Waals surface area contributed by atoms with E-state index in [0.29, 0.717) is 26.4 Å². The van der Waals surface area contributed by atoms with Crippen molar-refractivity contribution in [1.82, 2.24) is 4.57 Å². The number of benzene rings is 3. The lowest BCUT2D eigenvalue weighted by Gasteiger charge is -2.19. The molecule has 3 aromatic carbocycles. The third-order valence-electron chi connectivity index (χ3n) is 6.25. The Morgan fingerprint density at radius 2 is 1.71 bits per heavy atom. The van der Waals surface area contributed by atoms with Gasteiger partial charge in [0.25, 0.3) is 5.56 Å². The Kier molecular flexibility index (Phi) is 6.27. The van der Waals surface area contributed by atoms with Crippen molar-refractivity contribution in [2.24, 2.45) is 4.99 Å². The third-order valence-corrected chi connectivity index (χ3v) is 7.76. The van der Waals surface area contributed by atoms with E-state index in [9.17, 15) is 14.7 Å². The maximum atomic E-state index is 13.7. The summed E-state index contributed by atoms with van der Waals surface area (Å²) in [5, 5.41) is 9.53. The summed E-state index contributed by atoms with van der Waals surface area (Å²) in [6, 6.07) is 27.6. The van der Waals surface area contributed by atoms with E-state index >= 15 is 0 Å². The second-order valence-corrected chi connectivity index (χ2v) is 10.6. The fraction of sp³-hybridized carbons (Fsp3) is 0.0333. The number of carboxylic acid groups (broad SMARTS) is 1. The quantitative estimate of drug-likeness (QED) is 0.287. The Morgan fingerprint density at radius 3 is 2.47 bits per heavy atom. The summed E-state index contributed by atoms with van der Waals surface area (Å²) >= 11 is 4.78. The fourth-order valence-electron chi connectivity index (χ4n) is 4.44. The van der Waals surface area contributed by atoms with Gasteiger partial charge in [-0.25, -0.2) is 9.79 Å². The van der Waals surface area contributed by atoms with Gasteiger partial charge in [-0.15, -0.1) is 0 Å². The van der Waals surface area contributed by atoms with Gasteiger partial charge in [0.05, 0.1) is 21.8 Å². The van der Waals surface area contributed by atoms with Crippen molar-refractivity contribution >= 4 is 45.0 Å². The minimum atomic E-state index is -1.03. The first-order chi connectivity index (χ1) is 18.5. The van der Waals surface area contributed by atoms with E-state index in [1.807, 2.05) is 60.7 Å². The molecule has 1 N–H and O–H groups in total. The predicted molar refractivity (Wildman–Crippen MR) is 151 cm³/mol. The van der Waals surface area contributed by atoms with Gasteiger partial charge in [0.1, 0.15) is 11.5 Å². The van der Waals surface area contributed by atoms with E-state index in [1.54, 1.807) is 41.0 Å². The van der Waals surface area contributed by atoms with Crippen LogP contribution in [0.2, 0.25) is 0 Å². The minimum absolute atomic E-state index is 0.149. The molecule has 0 fully saturated rings. The summed E-state index contributed by atoms with van der Waals surface area (Å²) in [4.78, 5) is 30.7. The van der Waals surface area contributed by atoms with Gasteiger partial charge >= 0.3 is 5.97 Å². The van der Waals surface area contributed by atoms with Crippen LogP contribution in [0.5, 0.6) is 0 Å². The summed E-state index contributed by atoms with van der Waals surface area (Å²) < 4.78 is 9.09. The molecule has 0 amide bonds. The lowest BCUT2D eigenvalue weighted by molar-refractivity contribution is 0.0697. The summed E-state index contributed by atoms with van der Waals surface area (Å²) in [5.41, 5.74) is 3.19. The van der Waals surface area contributed by atoms with Crippen LogP contribution in [0.3, 0.4) is 0 Å². The normalized spacial score (nSPS) is 15.0. The van der Waals surface area contributed by atoms with Crippen molar-refractivity contribution < 1.29 is 14.3 Å². The zero-order valence-corrected chi connectivity index (χ0v) is 22.1. The Hall–Kier alpha value is -4.27. The average molecular weight is 583 g/mol. The van der Waals surface area contributed by atoms with E-state index in [4.69, 9.17) is 9.41 Å². The number of hydrogen-bond acceptors (Lipinski definition) is 5. The van der Waals surface area contributed by atoms with Gasteiger partial charge in [-0.3, -0.25) is 9.36 Å². The van der Waals surface area contributed by atoms with Crippen molar-refractivity contribution in [2.75, 3.05) is 0 Å². The topological polar surface area (TPSA) is 84.8 Å². The first-order valence-corrected chi connectivity index (χ1v) is 13.4. The van der Waals surface area contributed by atoms with Crippen molar-refractivity contribution in [2.45, 2.75) is 6.04 Å². The molecule has 6 rings (SSSR count). The van der Waals surface area contributed by atoms with Crippen LogP contribution in [0, 0.1) is 0 Å². The van der Waals surface area contributed by atoms with Crippen molar-refractivity contribution in [3.05, 3.63) is 144 Å². The van der Waals surface area contributed by atoms with E-state index in [-0.39, 0.29) is 17.2 Å². The third kappa shape index (κ3) is 4.49. The maximum absolute atomic E-state index is 13.7. The van der Waals surface area contributed by atoms with E-state index < -0.39 is 5.97 Å². The van der Waals surface area contributed by atoms with Crippen LogP contribution < -0.4 is 14.9 Å². The number of carboxylic acids is 1. The Bertz CT molecular complexity index is 1880. The maximum Gasteiger partial charge on any atom is 0.336 e. The first kappa shape index (κ1) is 24.1. The van der Waals surface area contributed by atoms with Crippen LogP contribution >= 0.6 is 27.3 Å². The van der Waals surface area contributed by atoms with E-state index in [0.717, 1.165) is 21.3 Å². The van der Waals surface area contributed by atoms with Gasteiger partial charge in [-0.2, -0.15) is 0 Å². The fourth-order valence-corrected chi connectivity index (χ4v) is 5.70. The summed E-state index contributed by atoms with van der Waals surface area (Å²) in [6.45, 7) is 0. The Labute approximate surface area is 229 Å². The smallest absolute Gasteiger partial charge is 0.336 e. The number of aromatic carboxylic acids is 1. The van der Waals surface area contributed by atoms with Crippen LogP contribution in [0.1, 0.15) is 33.3 Å². The number of furan rings is 1. The van der Waals surface area contributed by atoms with Crippen LogP contribution in [-0.4, -0.2) is 15.6 Å². The number of fused-ring (bicyclic) bond motifs is 1. The molecule has 0 bridgehead atoms. The molecule has 1 atom stereocenters. The highest BCUT2D eigenvalue weighted by Crippen LogP contribution is 2.28. The molecule has 0 saturated carbocycles. The molecule has 3 heterocycles. The number of thiazole rings is 1. The number of allylic oxidation sites excluding steroid dienone is 1. The number of hydrogen-bond donors (Lipinski definition) is 1. The molecule has 1 aliphatic heterocycles. The van der Waals surface area contributed by atoms with Crippen LogP contribution in [0.4, 0.5) is 0 Å². The van der Waals surface area contributed by atoms with E-state index in [2.05, 4.69) is 15.9 Å². The molecule has 6 nitrogen and oxygen atoms in total. The van der Waals surface area contributed by atoms with Gasteiger partial charge in [0, 0.05) is 16.1 Å². The highest BCUT2D eigenvalue weighted by molar-refractivity contribution is 9.10. The van der Waals surface area contributed by atoms with Gasteiger partial charge < -0.3 is 9.52 Å². The number of aromatic nitrogens is 1. The Morgan fingerprint density at radius 1 is 0.974 bits per heavy atom. The van der Waals surface area contributed by atoms with Crippen LogP contribution in [-0.2, 0) is 0 Å². The lowest BCUT2D eigenvalue weighted by atomic mass is 10.0. The van der Waals surface area contributed by atoms with Crippen molar-refractivity contribution in [3.8, 4) is 11.3 Å². The highest BCUT2D eigenvalue weighted by atomic mass is 79.9. The molecule has 1 aliphatic rings. The second-order valence-electron chi connectivity index (χ2n) is 8.65. The van der Waals surface area contributed by atoms with Crippen molar-refractivity contribution in [3.63, 3.8) is 0 Å². The standard InChI is InChI=1S/C30H19BrN2O4S/c31-20-12-10-19(11-13-20)25-17-24(18-6-2-1-3-7-18)32-30-33(25)28(34)27(38-30)16-21-14-15-26(37-21)22-8-4-5-9-23(22)29(35)36/h1-17,25H,(H,35,36). The molecule has 5 aromatic rings. The van der Waals surface area contributed by atoms with Crippen molar-refractivity contribution in [1.29, 1.82) is 0 Å². The molecule has 2 aromatic heterocycles. The monoisotopic (exact) mass is 582 g/mol. The van der Waals surface area contributed by atoms with Gasteiger partial charge in [0.2, 0.25) is 0 Å². The largest absolute Gasteiger partial charge is 0.478 e. The summed E-state index contributed by atoms with van der Waals surface area (Å²) in [6.07, 6.45) is 3.69. The SMILES string of the molecule is O=C(O)c1ccccc1-c1ccc(C=c2sc3n(c2=O)C(c2ccc(Br)cc2)C=C(c2ccccc2)N=3)o1. The Balaban J connectivity index is 1.48. The number of rotatable bonds is 5. The minimum Gasteiger partial charge on any atom is -0.478 e. The first-order valence-electron chi connectivity index (χ1n) is 11.7. The number of carbonyl (C=O) groups is 1. The lowest BCUT2D eigenvalue weighted by Crippen LogP contribution is -2.36. The van der Waals surface area contributed by atoms with Crippen LogP contribution in [0.25, 0.3) is 23.1 Å². The molecule has 38 heavy (non-hydrogen) atoms. The van der Waals surface area contributed by atoms with Gasteiger partial charge in [-0.1, -0.05) is 87.9 Å². The zero-order chi connectivity index (χ0) is 26.2.